The van der Waals surface area contributed by atoms with Gasteiger partial charge < -0.3 is 5.73 Å². The highest BCUT2D eigenvalue weighted by molar-refractivity contribution is 5.70. The molecule has 7 heteroatoms. The Bertz CT molecular complexity index is 126. The molecule has 0 fully saturated rings. The number of amides is 2. The quantitative estimate of drug-likeness (QED) is 0.168. The molecule has 7 nitrogen and oxygen atoms in total. The summed E-state index contributed by atoms with van der Waals surface area (Å²) in [4.78, 5) is 13.5. The monoisotopic (exact) mass is 208 g/mol. The number of nitrogens with two attached hydrogens (primary N) is 3. The van der Waals surface area contributed by atoms with Crippen molar-refractivity contribution < 1.29 is 14.9 Å². The van der Waals surface area contributed by atoms with Crippen LogP contribution in [0.15, 0.2) is 0 Å². The molecule has 0 aromatic carbocycles. The van der Waals surface area contributed by atoms with Crippen molar-refractivity contribution in [2.24, 2.45) is 17.4 Å². The zero-order chi connectivity index (χ0) is 11.4. The highest BCUT2D eigenvalue weighted by Crippen LogP contribution is 1.97. The van der Waals surface area contributed by atoms with Gasteiger partial charge in [0.1, 0.15) is 0 Å². The number of unbranched alkanes of at least 4 members (excludes halogenated alkanes) is 3. The van der Waals surface area contributed by atoms with E-state index in [9.17, 15) is 4.79 Å². The van der Waals surface area contributed by atoms with Gasteiger partial charge in [-0.15, -0.1) is 0 Å². The van der Waals surface area contributed by atoms with E-state index in [0.29, 0.717) is 11.7 Å². The van der Waals surface area contributed by atoms with Gasteiger partial charge in [0.15, 0.2) is 0 Å². The van der Waals surface area contributed by atoms with Crippen molar-refractivity contribution in [3.63, 3.8) is 0 Å². The average molecular weight is 208 g/mol. The lowest BCUT2D eigenvalue weighted by Crippen LogP contribution is -2.46. The van der Waals surface area contributed by atoms with E-state index < -0.39 is 6.03 Å². The first kappa shape index (κ1) is 15.6. The summed E-state index contributed by atoms with van der Waals surface area (Å²) in [7, 11) is 0. The second-order valence-corrected chi connectivity index (χ2v) is 2.64. The lowest BCUT2D eigenvalue weighted by atomic mass is 10.2. The topological polar surface area (TPSA) is 128 Å². The van der Waals surface area contributed by atoms with E-state index in [1.807, 2.05) is 0 Å². The van der Waals surface area contributed by atoms with Crippen LogP contribution in [0.1, 0.15) is 32.6 Å². The molecule has 86 valence electrons. The fourth-order valence-corrected chi connectivity index (χ4v) is 0.593. The normalized spacial score (nSPS) is 8.86. The number of carbonyl (C=O) groups excluding carboxylic acids is 1. The van der Waals surface area contributed by atoms with Crippen molar-refractivity contribution in [3.8, 4) is 0 Å². The van der Waals surface area contributed by atoms with Crippen molar-refractivity contribution in [3.05, 3.63) is 0 Å². The summed E-state index contributed by atoms with van der Waals surface area (Å²) in [6, 6.07) is -0.852. The molecule has 0 spiro atoms. The zero-order valence-electron chi connectivity index (χ0n) is 8.48. The minimum atomic E-state index is -0.852. The van der Waals surface area contributed by atoms with Gasteiger partial charge in [-0.3, -0.25) is 5.26 Å². The summed E-state index contributed by atoms with van der Waals surface area (Å²) in [5.74, 6) is 9.14. The lowest BCUT2D eigenvalue weighted by Gasteiger charge is -2.00. The average Bonchev–Trinajstić information content (AvgIpc) is 2.13. The Labute approximate surface area is 83.7 Å². The van der Waals surface area contributed by atoms with Gasteiger partial charge in [0.2, 0.25) is 0 Å². The van der Waals surface area contributed by atoms with Gasteiger partial charge in [0.05, 0.1) is 6.61 Å². The molecule has 0 heterocycles. The number of primary amides is 1. The van der Waals surface area contributed by atoms with Crippen LogP contribution in [0.2, 0.25) is 0 Å². The van der Waals surface area contributed by atoms with Crippen molar-refractivity contribution >= 4 is 6.03 Å². The molecule has 0 bridgehead atoms. The first-order chi connectivity index (χ1) is 6.56. The summed E-state index contributed by atoms with van der Waals surface area (Å²) in [5, 5.41) is 8.17. The van der Waals surface area contributed by atoms with Crippen LogP contribution in [0.4, 0.5) is 4.79 Å². The molecule has 0 aliphatic rings. The van der Waals surface area contributed by atoms with E-state index in [1.165, 1.54) is 12.8 Å². The van der Waals surface area contributed by atoms with Gasteiger partial charge in [-0.1, -0.05) is 26.2 Å². The molecule has 0 saturated carbocycles. The molecule has 2 amide bonds. The Hall–Kier alpha value is -0.890. The van der Waals surface area contributed by atoms with E-state index in [4.69, 9.17) is 5.26 Å². The third kappa shape index (κ3) is 17.3. The molecule has 0 atom stereocenters. The first-order valence-electron chi connectivity index (χ1n) is 4.41. The maximum atomic E-state index is 9.60. The third-order valence-electron chi connectivity index (χ3n) is 1.34. The van der Waals surface area contributed by atoms with Crippen molar-refractivity contribution in [2.45, 2.75) is 32.6 Å². The molecular formula is C7H20N4O3. The molecule has 0 aromatic rings. The van der Waals surface area contributed by atoms with Crippen molar-refractivity contribution in [1.29, 1.82) is 0 Å². The van der Waals surface area contributed by atoms with E-state index in [1.54, 1.807) is 0 Å². The van der Waals surface area contributed by atoms with Crippen molar-refractivity contribution in [1.82, 2.24) is 5.12 Å². The molecule has 0 unspecified atom stereocenters. The Morgan fingerprint density at radius 2 is 1.86 bits per heavy atom. The maximum absolute atomic E-state index is 9.60. The first-order valence-corrected chi connectivity index (χ1v) is 4.41. The van der Waals surface area contributed by atoms with Crippen LogP contribution < -0.4 is 17.4 Å². The maximum Gasteiger partial charge on any atom is 0.343 e. The summed E-state index contributed by atoms with van der Waals surface area (Å²) >= 11 is 0. The van der Waals surface area contributed by atoms with Gasteiger partial charge in [-0.25, -0.2) is 21.4 Å². The minimum Gasteiger partial charge on any atom is -0.349 e. The molecule has 7 N–H and O–H groups in total. The standard InChI is InChI=1S/C6H14O2.CH6N4O/c1-2-3-4-5-6-8-7;2-1(6)5(3)4/h7H,2-6H2,1H3;3-4H2,(H2,2,6). The lowest BCUT2D eigenvalue weighted by molar-refractivity contribution is -0.242. The molecule has 0 radical (unpaired) electrons. The summed E-state index contributed by atoms with van der Waals surface area (Å²) in [5.41, 5.74) is 4.47. The zero-order valence-corrected chi connectivity index (χ0v) is 8.48. The van der Waals surface area contributed by atoms with E-state index >= 15 is 0 Å². The predicted octanol–water partition coefficient (Wildman–Crippen LogP) is 0.171. The van der Waals surface area contributed by atoms with Crippen LogP contribution in [-0.2, 0) is 4.89 Å². The largest absolute Gasteiger partial charge is 0.349 e. The Kier molecular flexibility index (Phi) is 13.5. The third-order valence-corrected chi connectivity index (χ3v) is 1.34. The number of urea groups is 1. The summed E-state index contributed by atoms with van der Waals surface area (Å²) in [6.45, 7) is 2.64. The van der Waals surface area contributed by atoms with Crippen LogP contribution in [0.5, 0.6) is 0 Å². The smallest absolute Gasteiger partial charge is 0.343 e. The number of nitrogens with zero attached hydrogens (tertiary/aromatic N) is 1. The fraction of sp³-hybridized carbons (Fsp3) is 0.857. The number of hydrogen-bond acceptors (Lipinski definition) is 5. The number of hydrogen-bond donors (Lipinski definition) is 4. The van der Waals surface area contributed by atoms with Gasteiger partial charge in [-0.05, 0) is 6.42 Å². The Balaban J connectivity index is 0. The highest BCUT2D eigenvalue weighted by Gasteiger charge is 1.90. The van der Waals surface area contributed by atoms with Crippen LogP contribution in [0.25, 0.3) is 0 Å². The number of carbonyl (C=O) groups is 1. The van der Waals surface area contributed by atoms with Crippen molar-refractivity contribution in [2.75, 3.05) is 6.61 Å². The van der Waals surface area contributed by atoms with Gasteiger partial charge in [-0.2, -0.15) is 5.12 Å². The van der Waals surface area contributed by atoms with Crippen LogP contribution in [-0.4, -0.2) is 23.0 Å². The summed E-state index contributed by atoms with van der Waals surface area (Å²) in [6.07, 6.45) is 4.61. The minimum absolute atomic E-state index is 0.306. The number of rotatable bonds is 5. The Morgan fingerprint density at radius 3 is 2.14 bits per heavy atom. The molecule has 0 saturated heterocycles. The van der Waals surface area contributed by atoms with Gasteiger partial charge >= 0.3 is 6.03 Å². The fourth-order valence-electron chi connectivity index (χ4n) is 0.593. The second-order valence-electron chi connectivity index (χ2n) is 2.64. The van der Waals surface area contributed by atoms with E-state index in [2.05, 4.69) is 29.2 Å². The molecule has 14 heavy (non-hydrogen) atoms. The predicted molar refractivity (Wildman–Crippen MR) is 52.5 cm³/mol. The van der Waals surface area contributed by atoms with E-state index in [0.717, 1.165) is 12.8 Å². The van der Waals surface area contributed by atoms with Crippen LogP contribution in [0.3, 0.4) is 0 Å². The molecule has 0 aliphatic carbocycles. The van der Waals surface area contributed by atoms with Gasteiger partial charge in [0.25, 0.3) is 0 Å². The van der Waals surface area contributed by atoms with Crippen LogP contribution >= 0.6 is 0 Å². The van der Waals surface area contributed by atoms with Crippen LogP contribution in [0, 0.1) is 0 Å². The summed E-state index contributed by atoms with van der Waals surface area (Å²) < 4.78 is 0. The highest BCUT2D eigenvalue weighted by atomic mass is 17.1. The second kappa shape index (κ2) is 12.1. The molecule has 0 rings (SSSR count). The molecule has 0 aromatic heterocycles. The van der Waals surface area contributed by atoms with E-state index in [-0.39, 0.29) is 0 Å². The number of hydrazine groups is 2. The molecule has 0 aliphatic heterocycles. The SMILES string of the molecule is CCCCCCOO.NC(=O)N(N)N. The molecular weight excluding hydrogens is 188 g/mol. The van der Waals surface area contributed by atoms with Gasteiger partial charge in [0, 0.05) is 0 Å². The Morgan fingerprint density at radius 1 is 1.36 bits per heavy atom.